The number of carbonyl (C=O) groups is 2. The molecule has 184 valence electrons. The van der Waals surface area contributed by atoms with Crippen LogP contribution in [0.15, 0.2) is 29.2 Å². The van der Waals surface area contributed by atoms with E-state index in [-0.39, 0.29) is 41.0 Å². The monoisotopic (exact) mass is 477 g/mol. The van der Waals surface area contributed by atoms with E-state index >= 15 is 0 Å². The van der Waals surface area contributed by atoms with E-state index in [1.54, 1.807) is 17.0 Å². The minimum absolute atomic E-state index is 0.00275. The third-order valence-electron chi connectivity index (χ3n) is 6.95. The Morgan fingerprint density at radius 2 is 1.48 bits per heavy atom. The van der Waals surface area contributed by atoms with E-state index in [1.165, 1.54) is 0 Å². The molecule has 3 rings (SSSR count). The van der Waals surface area contributed by atoms with Gasteiger partial charge < -0.3 is 9.80 Å². The lowest BCUT2D eigenvalue weighted by Crippen LogP contribution is -2.46. The molecular weight excluding hydrogens is 438 g/mol. The number of rotatable bonds is 6. The van der Waals surface area contributed by atoms with Crippen LogP contribution in [0.2, 0.25) is 0 Å². The molecule has 0 saturated carbocycles. The summed E-state index contributed by atoms with van der Waals surface area (Å²) in [6.07, 6.45) is 3.62. The Hall–Kier alpha value is -1.93. The van der Waals surface area contributed by atoms with Crippen LogP contribution in [0.5, 0.6) is 0 Å². The van der Waals surface area contributed by atoms with Crippen molar-refractivity contribution in [1.82, 2.24) is 14.5 Å². The van der Waals surface area contributed by atoms with Crippen molar-refractivity contribution < 1.29 is 18.0 Å². The number of benzene rings is 1. The van der Waals surface area contributed by atoms with Gasteiger partial charge in [-0.25, -0.2) is 13.1 Å². The van der Waals surface area contributed by atoms with Crippen LogP contribution in [0, 0.1) is 11.8 Å². The number of likely N-dealkylation sites (tertiary alicyclic amines) is 2. The summed E-state index contributed by atoms with van der Waals surface area (Å²) in [5, 5.41) is 0. The molecule has 2 aliphatic rings. The molecule has 0 atom stereocenters. The highest BCUT2D eigenvalue weighted by Crippen LogP contribution is 2.25. The summed E-state index contributed by atoms with van der Waals surface area (Å²) in [7, 11) is -3.66. The average Bonchev–Trinajstić information content (AvgIpc) is 2.78. The fraction of sp³-hybridized carbons (Fsp3) is 0.680. The van der Waals surface area contributed by atoms with E-state index in [2.05, 4.69) is 32.4 Å². The Bertz CT molecular complexity index is 921. The van der Waals surface area contributed by atoms with Crippen LogP contribution in [0.4, 0.5) is 0 Å². The predicted molar refractivity (Wildman–Crippen MR) is 129 cm³/mol. The molecule has 2 amide bonds. The molecular formula is C25H39N3O4S. The first kappa shape index (κ1) is 25.7. The van der Waals surface area contributed by atoms with E-state index in [0.717, 1.165) is 31.5 Å². The third kappa shape index (κ3) is 6.79. The second-order valence-electron chi connectivity index (χ2n) is 10.6. The van der Waals surface area contributed by atoms with Gasteiger partial charge in [0.15, 0.2) is 0 Å². The first-order valence-corrected chi connectivity index (χ1v) is 13.6. The van der Waals surface area contributed by atoms with Gasteiger partial charge in [0.1, 0.15) is 0 Å². The highest BCUT2D eigenvalue weighted by atomic mass is 32.2. The van der Waals surface area contributed by atoms with Gasteiger partial charge in [-0.3, -0.25) is 9.59 Å². The van der Waals surface area contributed by atoms with Crippen molar-refractivity contribution in [2.75, 3.05) is 32.7 Å². The molecule has 0 bridgehead atoms. The molecule has 0 spiro atoms. The Kier molecular flexibility index (Phi) is 8.22. The van der Waals surface area contributed by atoms with Gasteiger partial charge in [0, 0.05) is 45.1 Å². The number of amides is 2. The molecule has 2 aliphatic heterocycles. The Balaban J connectivity index is 1.42. The largest absolute Gasteiger partial charge is 0.343 e. The second kappa shape index (κ2) is 10.6. The smallest absolute Gasteiger partial charge is 0.240 e. The summed E-state index contributed by atoms with van der Waals surface area (Å²) in [4.78, 5) is 29.3. The van der Waals surface area contributed by atoms with E-state index in [0.29, 0.717) is 31.8 Å². The predicted octanol–water partition coefficient (Wildman–Crippen LogP) is 3.15. The number of nitrogens with zero attached hydrogens (tertiary/aromatic N) is 2. The average molecular weight is 478 g/mol. The standard InChI is InChI=1S/C25H39N3O4S/c1-19-10-15-28(16-11-19)24(30)20-12-17-27(18-13-20)23(29)9-14-26-33(31,32)22-7-5-21(6-8-22)25(2,3)4/h5-8,19-20,26H,9-18H2,1-4H3. The molecule has 7 nitrogen and oxygen atoms in total. The summed E-state index contributed by atoms with van der Waals surface area (Å²) < 4.78 is 27.7. The molecule has 0 radical (unpaired) electrons. The maximum absolute atomic E-state index is 12.8. The van der Waals surface area contributed by atoms with E-state index in [4.69, 9.17) is 0 Å². The number of sulfonamides is 1. The fourth-order valence-corrected chi connectivity index (χ4v) is 5.56. The zero-order valence-electron chi connectivity index (χ0n) is 20.5. The van der Waals surface area contributed by atoms with Gasteiger partial charge in [-0.05, 0) is 54.7 Å². The SMILES string of the molecule is CC1CCN(C(=O)C2CCN(C(=O)CCNS(=O)(=O)c3ccc(C(C)(C)C)cc3)CC2)CC1. The molecule has 8 heteroatoms. The summed E-state index contributed by atoms with van der Waals surface area (Å²) >= 11 is 0. The molecule has 1 aromatic rings. The van der Waals surface area contributed by atoms with Crippen LogP contribution < -0.4 is 4.72 Å². The Morgan fingerprint density at radius 3 is 2.03 bits per heavy atom. The highest BCUT2D eigenvalue weighted by Gasteiger charge is 2.31. The van der Waals surface area contributed by atoms with Gasteiger partial charge in [0.2, 0.25) is 21.8 Å². The minimum Gasteiger partial charge on any atom is -0.343 e. The summed E-state index contributed by atoms with van der Waals surface area (Å²) in [6, 6.07) is 6.87. The van der Waals surface area contributed by atoms with E-state index in [9.17, 15) is 18.0 Å². The first-order valence-electron chi connectivity index (χ1n) is 12.1. The van der Waals surface area contributed by atoms with Gasteiger partial charge in [-0.1, -0.05) is 39.8 Å². The molecule has 2 heterocycles. The lowest BCUT2D eigenvalue weighted by atomic mass is 9.87. The Labute approximate surface area is 199 Å². The van der Waals surface area contributed by atoms with Crippen molar-refractivity contribution in [3.05, 3.63) is 29.8 Å². The minimum atomic E-state index is -3.66. The Morgan fingerprint density at radius 1 is 0.939 bits per heavy atom. The molecule has 33 heavy (non-hydrogen) atoms. The van der Waals surface area contributed by atoms with Crippen LogP contribution in [0.3, 0.4) is 0 Å². The molecule has 0 aliphatic carbocycles. The van der Waals surface area contributed by atoms with Crippen molar-refractivity contribution in [3.63, 3.8) is 0 Å². The van der Waals surface area contributed by atoms with Crippen molar-refractivity contribution in [3.8, 4) is 0 Å². The maximum atomic E-state index is 12.8. The van der Waals surface area contributed by atoms with Gasteiger partial charge >= 0.3 is 0 Å². The van der Waals surface area contributed by atoms with Crippen molar-refractivity contribution in [2.45, 2.75) is 70.1 Å². The number of hydrogen-bond donors (Lipinski definition) is 1. The summed E-state index contributed by atoms with van der Waals surface area (Å²) in [5.74, 6) is 0.850. The van der Waals surface area contributed by atoms with Gasteiger partial charge in [-0.2, -0.15) is 0 Å². The zero-order valence-corrected chi connectivity index (χ0v) is 21.3. The number of nitrogens with one attached hydrogen (secondary N) is 1. The van der Waals surface area contributed by atoms with Crippen LogP contribution in [-0.4, -0.2) is 62.8 Å². The lowest BCUT2D eigenvalue weighted by molar-refractivity contribution is -0.141. The van der Waals surface area contributed by atoms with Gasteiger partial charge in [0.25, 0.3) is 0 Å². The van der Waals surface area contributed by atoms with Crippen molar-refractivity contribution in [1.29, 1.82) is 0 Å². The quantitative estimate of drug-likeness (QED) is 0.682. The number of piperidine rings is 2. The maximum Gasteiger partial charge on any atom is 0.240 e. The lowest BCUT2D eigenvalue weighted by Gasteiger charge is -2.36. The van der Waals surface area contributed by atoms with Gasteiger partial charge in [-0.15, -0.1) is 0 Å². The molecule has 0 unspecified atom stereocenters. The fourth-order valence-electron chi connectivity index (χ4n) is 4.53. The second-order valence-corrected chi connectivity index (χ2v) is 12.4. The topological polar surface area (TPSA) is 86.8 Å². The van der Waals surface area contributed by atoms with E-state index < -0.39 is 10.0 Å². The van der Waals surface area contributed by atoms with E-state index in [1.807, 2.05) is 17.0 Å². The molecule has 2 saturated heterocycles. The van der Waals surface area contributed by atoms with Crippen LogP contribution in [0.1, 0.15) is 65.4 Å². The van der Waals surface area contributed by atoms with Gasteiger partial charge in [0.05, 0.1) is 4.90 Å². The molecule has 2 fully saturated rings. The number of carbonyl (C=O) groups excluding carboxylic acids is 2. The van der Waals surface area contributed by atoms with Crippen molar-refractivity contribution >= 4 is 21.8 Å². The first-order chi connectivity index (χ1) is 15.5. The highest BCUT2D eigenvalue weighted by molar-refractivity contribution is 7.89. The molecule has 0 aromatic heterocycles. The molecule has 1 aromatic carbocycles. The molecule has 1 N–H and O–H groups in total. The van der Waals surface area contributed by atoms with Crippen LogP contribution >= 0.6 is 0 Å². The normalized spacial score (nSPS) is 19.0. The zero-order chi connectivity index (χ0) is 24.2. The summed E-state index contributed by atoms with van der Waals surface area (Å²) in [5.41, 5.74) is 1.01. The third-order valence-corrected chi connectivity index (χ3v) is 8.43. The van der Waals surface area contributed by atoms with Crippen LogP contribution in [-0.2, 0) is 25.0 Å². The number of hydrogen-bond acceptors (Lipinski definition) is 4. The van der Waals surface area contributed by atoms with Crippen LogP contribution in [0.25, 0.3) is 0 Å². The van der Waals surface area contributed by atoms with Crippen molar-refractivity contribution in [2.24, 2.45) is 11.8 Å². The summed E-state index contributed by atoms with van der Waals surface area (Å²) in [6.45, 7) is 11.3.